The second kappa shape index (κ2) is 5.98. The molecule has 1 aliphatic heterocycles. The van der Waals surface area contributed by atoms with E-state index >= 15 is 0 Å². The van der Waals surface area contributed by atoms with Crippen molar-refractivity contribution in [3.63, 3.8) is 0 Å². The van der Waals surface area contributed by atoms with Crippen LogP contribution < -0.4 is 4.90 Å². The maximum absolute atomic E-state index is 5.28. The zero-order valence-corrected chi connectivity index (χ0v) is 9.93. The molecule has 14 heavy (non-hydrogen) atoms. The molecule has 0 amide bonds. The lowest BCUT2D eigenvalue weighted by Crippen LogP contribution is -2.36. The summed E-state index contributed by atoms with van der Waals surface area (Å²) in [6, 6.07) is 0. The number of anilines is 1. The fourth-order valence-corrected chi connectivity index (χ4v) is 2.23. The van der Waals surface area contributed by atoms with E-state index < -0.39 is 0 Å². The number of morpholine rings is 1. The molecule has 3 nitrogen and oxygen atoms in total. The summed E-state index contributed by atoms with van der Waals surface area (Å²) in [5.74, 6) is 0. The number of thiazole rings is 1. The highest BCUT2D eigenvalue weighted by atomic mass is 32.1. The fourth-order valence-electron chi connectivity index (χ4n) is 1.37. The molecule has 0 radical (unpaired) electrons. The van der Waals surface area contributed by atoms with Gasteiger partial charge in [0.1, 0.15) is 5.00 Å². The van der Waals surface area contributed by atoms with E-state index in [4.69, 9.17) is 4.74 Å². The Labute approximate surface area is 89.7 Å². The standard InChI is InChI=1S/C8H12N2OS.C2H6/c1-7-8(12-6-9-7)10-2-4-11-5-3-10;1-2/h6H,2-5H2,1H3;1-2H3. The Morgan fingerprint density at radius 2 is 2.00 bits per heavy atom. The van der Waals surface area contributed by atoms with Crippen molar-refractivity contribution in [2.24, 2.45) is 0 Å². The van der Waals surface area contributed by atoms with E-state index in [9.17, 15) is 0 Å². The molecule has 0 aromatic carbocycles. The SMILES string of the molecule is CC.Cc1ncsc1N1CCOCC1. The average molecular weight is 214 g/mol. The lowest BCUT2D eigenvalue weighted by Gasteiger charge is -2.27. The molecule has 0 N–H and O–H groups in total. The predicted molar refractivity (Wildman–Crippen MR) is 61.2 cm³/mol. The van der Waals surface area contributed by atoms with Crippen molar-refractivity contribution in [2.75, 3.05) is 31.2 Å². The summed E-state index contributed by atoms with van der Waals surface area (Å²) < 4.78 is 5.28. The number of aryl methyl sites for hydroxylation is 1. The molecular formula is C10H18N2OS. The zero-order valence-electron chi connectivity index (χ0n) is 9.12. The Bertz CT molecular complexity index is 256. The van der Waals surface area contributed by atoms with Crippen LogP contribution in [0, 0.1) is 6.92 Å². The van der Waals surface area contributed by atoms with Gasteiger partial charge in [0.2, 0.25) is 0 Å². The first-order valence-electron chi connectivity index (χ1n) is 5.11. The highest BCUT2D eigenvalue weighted by Crippen LogP contribution is 2.24. The molecule has 0 spiro atoms. The highest BCUT2D eigenvalue weighted by molar-refractivity contribution is 7.14. The summed E-state index contributed by atoms with van der Waals surface area (Å²) in [7, 11) is 0. The van der Waals surface area contributed by atoms with E-state index in [0.29, 0.717) is 0 Å². The molecule has 1 aromatic rings. The molecule has 1 aromatic heterocycles. The van der Waals surface area contributed by atoms with Gasteiger partial charge in [-0.3, -0.25) is 0 Å². The van der Waals surface area contributed by atoms with Gasteiger partial charge in [0.25, 0.3) is 0 Å². The minimum absolute atomic E-state index is 0.845. The second-order valence-corrected chi connectivity index (χ2v) is 3.68. The van der Waals surface area contributed by atoms with Gasteiger partial charge in [0.15, 0.2) is 0 Å². The van der Waals surface area contributed by atoms with Crippen molar-refractivity contribution in [3.8, 4) is 0 Å². The maximum Gasteiger partial charge on any atom is 0.114 e. The third kappa shape index (κ3) is 2.69. The molecule has 2 heterocycles. The maximum atomic E-state index is 5.28. The molecule has 0 unspecified atom stereocenters. The molecule has 1 fully saturated rings. The first-order chi connectivity index (χ1) is 6.88. The third-order valence-electron chi connectivity index (χ3n) is 2.02. The van der Waals surface area contributed by atoms with E-state index in [1.54, 1.807) is 11.3 Å². The van der Waals surface area contributed by atoms with E-state index in [1.165, 1.54) is 5.00 Å². The van der Waals surface area contributed by atoms with Gasteiger partial charge in [-0.05, 0) is 6.92 Å². The number of rotatable bonds is 1. The first-order valence-corrected chi connectivity index (χ1v) is 5.98. The summed E-state index contributed by atoms with van der Waals surface area (Å²) >= 11 is 1.72. The molecule has 4 heteroatoms. The van der Waals surface area contributed by atoms with Crippen LogP contribution in [0.1, 0.15) is 19.5 Å². The Balaban J connectivity index is 0.000000461. The monoisotopic (exact) mass is 214 g/mol. The zero-order chi connectivity index (χ0) is 10.4. The number of ether oxygens (including phenoxy) is 1. The average Bonchev–Trinajstić information content (AvgIpc) is 2.69. The highest BCUT2D eigenvalue weighted by Gasteiger charge is 2.14. The topological polar surface area (TPSA) is 25.4 Å². The molecule has 1 saturated heterocycles. The fraction of sp³-hybridized carbons (Fsp3) is 0.700. The van der Waals surface area contributed by atoms with E-state index in [0.717, 1.165) is 32.0 Å². The molecule has 80 valence electrons. The summed E-state index contributed by atoms with van der Waals surface area (Å²) in [6.07, 6.45) is 0. The van der Waals surface area contributed by atoms with Gasteiger partial charge in [-0.2, -0.15) is 0 Å². The van der Waals surface area contributed by atoms with Gasteiger partial charge >= 0.3 is 0 Å². The van der Waals surface area contributed by atoms with E-state index in [2.05, 4.69) is 16.8 Å². The summed E-state index contributed by atoms with van der Waals surface area (Å²) in [4.78, 5) is 6.57. The van der Waals surface area contributed by atoms with Crippen LogP contribution in [0.4, 0.5) is 5.00 Å². The lowest BCUT2D eigenvalue weighted by atomic mass is 10.4. The Hall–Kier alpha value is -0.610. The minimum Gasteiger partial charge on any atom is -0.378 e. The molecule has 0 saturated carbocycles. The molecule has 2 rings (SSSR count). The van der Waals surface area contributed by atoms with Crippen LogP contribution in [0.2, 0.25) is 0 Å². The lowest BCUT2D eigenvalue weighted by molar-refractivity contribution is 0.123. The van der Waals surface area contributed by atoms with Crippen LogP contribution in [0.3, 0.4) is 0 Å². The molecule has 1 aliphatic rings. The smallest absolute Gasteiger partial charge is 0.114 e. The Morgan fingerprint density at radius 3 is 2.50 bits per heavy atom. The van der Waals surface area contributed by atoms with Crippen molar-refractivity contribution in [2.45, 2.75) is 20.8 Å². The quantitative estimate of drug-likeness (QED) is 0.717. The molecule has 0 atom stereocenters. The Kier molecular flexibility index (Phi) is 4.90. The van der Waals surface area contributed by atoms with Crippen LogP contribution in [0.5, 0.6) is 0 Å². The van der Waals surface area contributed by atoms with Crippen molar-refractivity contribution in [1.82, 2.24) is 4.98 Å². The molecule has 0 bridgehead atoms. The van der Waals surface area contributed by atoms with Crippen LogP contribution in [0.25, 0.3) is 0 Å². The van der Waals surface area contributed by atoms with Crippen molar-refractivity contribution in [1.29, 1.82) is 0 Å². The third-order valence-corrected chi connectivity index (χ3v) is 3.01. The first kappa shape index (κ1) is 11.5. The minimum atomic E-state index is 0.845. The normalized spacial score (nSPS) is 16.1. The van der Waals surface area contributed by atoms with Gasteiger partial charge in [-0.1, -0.05) is 13.8 Å². The van der Waals surface area contributed by atoms with Crippen LogP contribution in [0.15, 0.2) is 5.51 Å². The van der Waals surface area contributed by atoms with Crippen LogP contribution in [-0.4, -0.2) is 31.3 Å². The number of hydrogen-bond donors (Lipinski definition) is 0. The van der Waals surface area contributed by atoms with Gasteiger partial charge < -0.3 is 9.64 Å². The number of aromatic nitrogens is 1. The predicted octanol–water partition coefficient (Wildman–Crippen LogP) is 2.31. The summed E-state index contributed by atoms with van der Waals surface area (Å²) in [6.45, 7) is 9.75. The summed E-state index contributed by atoms with van der Waals surface area (Å²) in [5.41, 5.74) is 3.04. The Morgan fingerprint density at radius 1 is 1.36 bits per heavy atom. The number of nitrogens with zero attached hydrogens (tertiary/aromatic N) is 2. The second-order valence-electron chi connectivity index (χ2n) is 2.84. The van der Waals surface area contributed by atoms with E-state index in [-0.39, 0.29) is 0 Å². The number of hydrogen-bond acceptors (Lipinski definition) is 4. The largest absolute Gasteiger partial charge is 0.378 e. The van der Waals surface area contributed by atoms with Crippen LogP contribution in [-0.2, 0) is 4.74 Å². The van der Waals surface area contributed by atoms with Gasteiger partial charge in [0, 0.05) is 13.1 Å². The van der Waals surface area contributed by atoms with Crippen molar-refractivity contribution >= 4 is 16.3 Å². The van der Waals surface area contributed by atoms with Gasteiger partial charge in [0.05, 0.1) is 24.4 Å². The molecule has 0 aliphatic carbocycles. The van der Waals surface area contributed by atoms with E-state index in [1.807, 2.05) is 19.4 Å². The van der Waals surface area contributed by atoms with Gasteiger partial charge in [-0.15, -0.1) is 11.3 Å². The van der Waals surface area contributed by atoms with Gasteiger partial charge in [-0.25, -0.2) is 4.98 Å². The van der Waals surface area contributed by atoms with Crippen molar-refractivity contribution in [3.05, 3.63) is 11.2 Å². The van der Waals surface area contributed by atoms with Crippen LogP contribution >= 0.6 is 11.3 Å². The van der Waals surface area contributed by atoms with Crippen molar-refractivity contribution < 1.29 is 4.74 Å². The summed E-state index contributed by atoms with van der Waals surface area (Å²) in [5, 5.41) is 1.30. The molecular weight excluding hydrogens is 196 g/mol.